The molecule has 0 aliphatic heterocycles. The molecular formula is C14H15F2NO. The molecule has 0 amide bonds. The highest BCUT2D eigenvalue weighted by Gasteiger charge is 2.18. The van der Waals surface area contributed by atoms with E-state index < -0.39 is 17.7 Å². The van der Waals surface area contributed by atoms with Crippen molar-refractivity contribution in [1.29, 1.82) is 0 Å². The molecule has 2 aromatic rings. The molecule has 0 aliphatic rings. The molecule has 18 heavy (non-hydrogen) atoms. The third-order valence-electron chi connectivity index (χ3n) is 3.33. The number of hydrogen-bond acceptors (Lipinski definition) is 1. The maximum atomic E-state index is 13.1. The van der Waals surface area contributed by atoms with Crippen LogP contribution in [-0.4, -0.2) is 10.1 Å². The Morgan fingerprint density at radius 2 is 1.56 bits per heavy atom. The van der Waals surface area contributed by atoms with Gasteiger partial charge in [-0.05, 0) is 49.6 Å². The maximum Gasteiger partial charge on any atom is 0.126 e. The van der Waals surface area contributed by atoms with E-state index >= 15 is 0 Å². The Kier molecular flexibility index (Phi) is 3.22. The van der Waals surface area contributed by atoms with Crippen molar-refractivity contribution in [3.8, 4) is 0 Å². The van der Waals surface area contributed by atoms with E-state index in [2.05, 4.69) is 4.98 Å². The highest BCUT2D eigenvalue weighted by Crippen LogP contribution is 2.28. The van der Waals surface area contributed by atoms with Gasteiger partial charge in [0.05, 0.1) is 5.69 Å². The summed E-state index contributed by atoms with van der Waals surface area (Å²) in [6.45, 7) is 5.70. The van der Waals surface area contributed by atoms with E-state index in [1.165, 1.54) is 0 Å². The van der Waals surface area contributed by atoms with Gasteiger partial charge in [0.25, 0.3) is 0 Å². The van der Waals surface area contributed by atoms with Crippen LogP contribution in [-0.2, 0) is 0 Å². The summed E-state index contributed by atoms with van der Waals surface area (Å²) in [5, 5.41) is 10.2. The normalized spacial score (nSPS) is 12.8. The summed E-state index contributed by atoms with van der Waals surface area (Å²) >= 11 is 0. The number of benzene rings is 1. The van der Waals surface area contributed by atoms with E-state index in [0.717, 1.165) is 35.0 Å². The van der Waals surface area contributed by atoms with E-state index in [1.54, 1.807) is 0 Å². The molecule has 1 atom stereocenters. The average Bonchev–Trinajstić information content (AvgIpc) is 2.55. The van der Waals surface area contributed by atoms with Gasteiger partial charge in [-0.3, -0.25) is 0 Å². The fraction of sp³-hybridized carbons (Fsp3) is 0.286. The molecule has 0 spiro atoms. The number of aryl methyl sites for hydroxylation is 1. The predicted molar refractivity (Wildman–Crippen MR) is 65.4 cm³/mol. The molecule has 0 saturated heterocycles. The summed E-state index contributed by atoms with van der Waals surface area (Å²) in [5.41, 5.74) is 3.68. The van der Waals surface area contributed by atoms with Crippen molar-refractivity contribution >= 4 is 0 Å². The summed E-state index contributed by atoms with van der Waals surface area (Å²) in [4.78, 5) is 3.05. The zero-order valence-electron chi connectivity index (χ0n) is 10.5. The Labute approximate surface area is 104 Å². The minimum atomic E-state index is -1.05. The standard InChI is InChI=1S/C14H15F2NO/c1-7-8(2)13(17-9(7)3)14(18)10-4-11(15)6-12(16)5-10/h4-6,14,17-18H,1-3H3. The highest BCUT2D eigenvalue weighted by molar-refractivity contribution is 5.39. The summed E-state index contributed by atoms with van der Waals surface area (Å²) in [7, 11) is 0. The van der Waals surface area contributed by atoms with Crippen LogP contribution >= 0.6 is 0 Å². The van der Waals surface area contributed by atoms with Crippen molar-refractivity contribution in [3.05, 3.63) is 57.9 Å². The van der Waals surface area contributed by atoms with Crippen molar-refractivity contribution < 1.29 is 13.9 Å². The number of nitrogens with one attached hydrogen (secondary N) is 1. The molecule has 4 heteroatoms. The van der Waals surface area contributed by atoms with Crippen LogP contribution in [0.1, 0.15) is 34.2 Å². The zero-order valence-corrected chi connectivity index (χ0v) is 10.5. The third-order valence-corrected chi connectivity index (χ3v) is 3.33. The molecule has 0 radical (unpaired) electrons. The molecule has 2 rings (SSSR count). The van der Waals surface area contributed by atoms with Gasteiger partial charge in [-0.25, -0.2) is 8.78 Å². The molecule has 0 bridgehead atoms. The lowest BCUT2D eigenvalue weighted by molar-refractivity contribution is 0.214. The van der Waals surface area contributed by atoms with Crippen molar-refractivity contribution in [3.63, 3.8) is 0 Å². The van der Waals surface area contributed by atoms with Gasteiger partial charge < -0.3 is 10.1 Å². The topological polar surface area (TPSA) is 36.0 Å². The van der Waals surface area contributed by atoms with Crippen LogP contribution in [0.3, 0.4) is 0 Å². The number of aliphatic hydroxyl groups excluding tert-OH is 1. The van der Waals surface area contributed by atoms with Gasteiger partial charge >= 0.3 is 0 Å². The van der Waals surface area contributed by atoms with Gasteiger partial charge in [-0.2, -0.15) is 0 Å². The second kappa shape index (κ2) is 4.53. The maximum absolute atomic E-state index is 13.1. The number of aromatic nitrogens is 1. The summed E-state index contributed by atoms with van der Waals surface area (Å²) < 4.78 is 26.3. The first-order valence-corrected chi connectivity index (χ1v) is 5.70. The Morgan fingerprint density at radius 3 is 2.00 bits per heavy atom. The first-order chi connectivity index (χ1) is 8.40. The number of aromatic amines is 1. The zero-order chi connectivity index (χ0) is 13.4. The van der Waals surface area contributed by atoms with Crippen molar-refractivity contribution in [2.45, 2.75) is 26.9 Å². The van der Waals surface area contributed by atoms with Crippen LogP contribution in [0.5, 0.6) is 0 Å². The van der Waals surface area contributed by atoms with Gasteiger partial charge in [-0.15, -0.1) is 0 Å². The molecule has 1 heterocycles. The highest BCUT2D eigenvalue weighted by atomic mass is 19.1. The molecule has 1 unspecified atom stereocenters. The molecule has 96 valence electrons. The predicted octanol–water partition coefficient (Wildman–Crippen LogP) is 3.30. The lowest BCUT2D eigenvalue weighted by Crippen LogP contribution is -2.03. The second-order valence-electron chi connectivity index (χ2n) is 4.52. The number of H-pyrrole nitrogens is 1. The van der Waals surface area contributed by atoms with Crippen LogP contribution in [0.2, 0.25) is 0 Å². The van der Waals surface area contributed by atoms with Gasteiger partial charge in [-0.1, -0.05) is 0 Å². The van der Waals surface area contributed by atoms with E-state index in [-0.39, 0.29) is 5.56 Å². The molecule has 0 saturated carbocycles. The Balaban J connectivity index is 2.47. The number of rotatable bonds is 2. The molecular weight excluding hydrogens is 236 g/mol. The van der Waals surface area contributed by atoms with Gasteiger partial charge in [0.2, 0.25) is 0 Å². The Hall–Kier alpha value is -1.68. The molecule has 0 fully saturated rings. The molecule has 0 aliphatic carbocycles. The lowest BCUT2D eigenvalue weighted by atomic mass is 10.0. The van der Waals surface area contributed by atoms with Crippen LogP contribution in [0, 0.1) is 32.4 Å². The van der Waals surface area contributed by atoms with Gasteiger partial charge in [0.1, 0.15) is 17.7 Å². The van der Waals surface area contributed by atoms with E-state index in [1.807, 2.05) is 20.8 Å². The first-order valence-electron chi connectivity index (χ1n) is 5.70. The summed E-state index contributed by atoms with van der Waals surface area (Å²) in [6, 6.07) is 3.06. The summed E-state index contributed by atoms with van der Waals surface area (Å²) in [5.74, 6) is -1.39. The van der Waals surface area contributed by atoms with Gasteiger partial charge in [0, 0.05) is 11.8 Å². The van der Waals surface area contributed by atoms with Crippen LogP contribution < -0.4 is 0 Å². The van der Waals surface area contributed by atoms with E-state index in [0.29, 0.717) is 5.69 Å². The van der Waals surface area contributed by atoms with Crippen LogP contribution in [0.25, 0.3) is 0 Å². The SMILES string of the molecule is Cc1[nH]c(C(O)c2cc(F)cc(F)c2)c(C)c1C. The minimum absolute atomic E-state index is 0.205. The van der Waals surface area contributed by atoms with Gasteiger partial charge in [0.15, 0.2) is 0 Å². The fourth-order valence-electron chi connectivity index (χ4n) is 2.05. The number of aliphatic hydroxyl groups is 1. The van der Waals surface area contributed by atoms with E-state index in [4.69, 9.17) is 0 Å². The molecule has 1 aromatic carbocycles. The minimum Gasteiger partial charge on any atom is -0.382 e. The largest absolute Gasteiger partial charge is 0.382 e. The van der Waals surface area contributed by atoms with Crippen LogP contribution in [0.4, 0.5) is 8.78 Å². The smallest absolute Gasteiger partial charge is 0.126 e. The lowest BCUT2D eigenvalue weighted by Gasteiger charge is -2.11. The fourth-order valence-corrected chi connectivity index (χ4v) is 2.05. The van der Waals surface area contributed by atoms with Crippen LogP contribution in [0.15, 0.2) is 18.2 Å². The quantitative estimate of drug-likeness (QED) is 0.844. The number of halogens is 2. The Morgan fingerprint density at radius 1 is 1.00 bits per heavy atom. The monoisotopic (exact) mass is 251 g/mol. The van der Waals surface area contributed by atoms with Crippen molar-refractivity contribution in [2.75, 3.05) is 0 Å². The Bertz CT molecular complexity index is 569. The number of hydrogen-bond donors (Lipinski definition) is 2. The molecule has 2 nitrogen and oxygen atoms in total. The summed E-state index contributed by atoms with van der Waals surface area (Å²) in [6.07, 6.45) is -1.05. The second-order valence-corrected chi connectivity index (χ2v) is 4.52. The van der Waals surface area contributed by atoms with Crippen molar-refractivity contribution in [2.24, 2.45) is 0 Å². The van der Waals surface area contributed by atoms with E-state index in [9.17, 15) is 13.9 Å². The third kappa shape index (κ3) is 2.16. The average molecular weight is 251 g/mol. The molecule has 2 N–H and O–H groups in total. The first kappa shape index (κ1) is 12.8. The molecule has 1 aromatic heterocycles. The van der Waals surface area contributed by atoms with Crippen molar-refractivity contribution in [1.82, 2.24) is 4.98 Å².